The van der Waals surface area contributed by atoms with Crippen molar-refractivity contribution in [1.82, 2.24) is 0 Å². The normalized spacial score (nSPS) is 11.2. The van der Waals surface area contributed by atoms with E-state index >= 15 is 0 Å². The van der Waals surface area contributed by atoms with Crippen molar-refractivity contribution in [2.75, 3.05) is 12.8 Å². The first-order valence-corrected chi connectivity index (χ1v) is 6.42. The third-order valence-electron chi connectivity index (χ3n) is 1.77. The van der Waals surface area contributed by atoms with Gasteiger partial charge in [0, 0.05) is 0 Å². The number of benzene rings is 1. The van der Waals surface area contributed by atoms with E-state index in [2.05, 4.69) is 0 Å². The molecule has 0 aromatic heterocycles. The van der Waals surface area contributed by atoms with Gasteiger partial charge in [-0.15, -0.1) is 0 Å². The summed E-state index contributed by atoms with van der Waals surface area (Å²) in [5.41, 5.74) is 0.986. The highest BCUT2D eigenvalue weighted by molar-refractivity contribution is 7.52. The maximum absolute atomic E-state index is 11.1. The van der Waals surface area contributed by atoms with E-state index in [1.54, 1.807) is 18.2 Å². The molecule has 0 radical (unpaired) electrons. The largest absolute Gasteiger partial charge is 0.486 e. The molecule has 88 valence electrons. The predicted molar refractivity (Wildman–Crippen MR) is 58.6 cm³/mol. The third kappa shape index (κ3) is 5.07. The van der Waals surface area contributed by atoms with Crippen LogP contribution in [-0.2, 0) is 9.36 Å². The summed E-state index contributed by atoms with van der Waals surface area (Å²) in [4.78, 5) is 28.2. The van der Waals surface area contributed by atoms with E-state index in [0.717, 1.165) is 5.56 Å². The zero-order chi connectivity index (χ0) is 12.2. The zero-order valence-electron chi connectivity index (χ0n) is 8.79. The van der Waals surface area contributed by atoms with Gasteiger partial charge < -0.3 is 14.5 Å². The SMILES string of the molecule is Cc1cccc(OCC(=O)CP(=O)(O)O)c1. The Balaban J connectivity index is 2.46. The van der Waals surface area contributed by atoms with Crippen molar-refractivity contribution < 1.29 is 23.9 Å². The monoisotopic (exact) mass is 244 g/mol. The van der Waals surface area contributed by atoms with Crippen LogP contribution in [-0.4, -0.2) is 28.3 Å². The van der Waals surface area contributed by atoms with E-state index < -0.39 is 19.5 Å². The molecule has 1 rings (SSSR count). The average Bonchev–Trinajstić information content (AvgIpc) is 2.12. The molecule has 0 aliphatic rings. The van der Waals surface area contributed by atoms with Gasteiger partial charge in [-0.25, -0.2) is 0 Å². The highest BCUT2D eigenvalue weighted by Crippen LogP contribution is 2.33. The number of ketones is 1. The van der Waals surface area contributed by atoms with E-state index in [1.165, 1.54) is 0 Å². The Bertz CT molecular complexity index is 423. The Morgan fingerprint density at radius 1 is 1.44 bits per heavy atom. The molecule has 0 aliphatic heterocycles. The van der Waals surface area contributed by atoms with Gasteiger partial charge in [0.15, 0.2) is 5.78 Å². The Morgan fingerprint density at radius 2 is 2.12 bits per heavy atom. The van der Waals surface area contributed by atoms with Crippen molar-refractivity contribution in [3.8, 4) is 5.75 Å². The Kier molecular flexibility index (Phi) is 4.24. The molecule has 0 spiro atoms. The van der Waals surface area contributed by atoms with Gasteiger partial charge in [-0.1, -0.05) is 12.1 Å². The lowest BCUT2D eigenvalue weighted by Gasteiger charge is -2.06. The smallest absolute Gasteiger partial charge is 0.333 e. The molecule has 0 unspecified atom stereocenters. The minimum atomic E-state index is -4.28. The lowest BCUT2D eigenvalue weighted by atomic mass is 10.2. The molecule has 1 aromatic carbocycles. The molecule has 5 nitrogen and oxygen atoms in total. The lowest BCUT2D eigenvalue weighted by Crippen LogP contribution is -2.15. The number of Topliss-reactive ketones (excluding diaryl/α,β-unsaturated/α-hetero) is 1. The molecule has 16 heavy (non-hydrogen) atoms. The molecule has 6 heteroatoms. The fourth-order valence-corrected chi connectivity index (χ4v) is 1.70. The predicted octanol–water partition coefficient (Wildman–Crippen LogP) is 1.12. The van der Waals surface area contributed by atoms with E-state index in [4.69, 9.17) is 14.5 Å². The molecule has 0 bridgehead atoms. The van der Waals surface area contributed by atoms with Crippen LogP contribution in [0, 0.1) is 6.92 Å². The van der Waals surface area contributed by atoms with E-state index in [9.17, 15) is 9.36 Å². The Labute approximate surface area is 93.2 Å². The first kappa shape index (κ1) is 12.9. The average molecular weight is 244 g/mol. The second-order valence-corrected chi connectivity index (χ2v) is 5.11. The summed E-state index contributed by atoms with van der Waals surface area (Å²) in [5.74, 6) is -0.103. The quantitative estimate of drug-likeness (QED) is 0.758. The second kappa shape index (κ2) is 5.25. The van der Waals surface area contributed by atoms with Crippen LogP contribution in [0.2, 0.25) is 0 Å². The number of hydrogen-bond acceptors (Lipinski definition) is 3. The fraction of sp³-hybridized carbons (Fsp3) is 0.300. The van der Waals surface area contributed by atoms with Gasteiger partial charge in [-0.3, -0.25) is 9.36 Å². The highest BCUT2D eigenvalue weighted by atomic mass is 31.2. The molecular formula is C10H13O5P. The molecule has 0 aliphatic carbocycles. The number of hydrogen-bond donors (Lipinski definition) is 2. The van der Waals surface area contributed by atoms with Crippen LogP contribution in [0.5, 0.6) is 5.75 Å². The van der Waals surface area contributed by atoms with Crippen LogP contribution in [0.1, 0.15) is 5.56 Å². The topological polar surface area (TPSA) is 83.8 Å². The fourth-order valence-electron chi connectivity index (χ4n) is 1.14. The van der Waals surface area contributed by atoms with Crippen LogP contribution in [0.4, 0.5) is 0 Å². The number of carbonyl (C=O) groups excluding carboxylic acids is 1. The van der Waals surface area contributed by atoms with E-state index in [1.807, 2.05) is 13.0 Å². The molecule has 0 amide bonds. The van der Waals surface area contributed by atoms with Gasteiger partial charge in [0.05, 0.1) is 0 Å². The highest BCUT2D eigenvalue weighted by Gasteiger charge is 2.19. The molecule has 0 saturated carbocycles. The van der Waals surface area contributed by atoms with Crippen molar-refractivity contribution in [2.24, 2.45) is 0 Å². The van der Waals surface area contributed by atoms with Gasteiger partial charge in [0.1, 0.15) is 18.5 Å². The standard InChI is InChI=1S/C10H13O5P/c1-8-3-2-4-10(5-8)15-6-9(11)7-16(12,13)14/h2-5H,6-7H2,1H3,(H2,12,13,14). The summed E-state index contributed by atoms with van der Waals surface area (Å²) >= 11 is 0. The van der Waals surface area contributed by atoms with E-state index in [0.29, 0.717) is 5.75 Å². The van der Waals surface area contributed by atoms with Gasteiger partial charge >= 0.3 is 7.60 Å². The lowest BCUT2D eigenvalue weighted by molar-refractivity contribution is -0.118. The number of ether oxygens (including phenoxy) is 1. The summed E-state index contributed by atoms with van der Waals surface area (Å²) in [6, 6.07) is 7.07. The zero-order valence-corrected chi connectivity index (χ0v) is 9.68. The van der Waals surface area contributed by atoms with Gasteiger partial charge in [0.25, 0.3) is 0 Å². The van der Waals surface area contributed by atoms with Crippen molar-refractivity contribution >= 4 is 13.4 Å². The Morgan fingerprint density at radius 3 is 2.69 bits per heavy atom. The third-order valence-corrected chi connectivity index (χ3v) is 2.54. The summed E-state index contributed by atoms with van der Waals surface area (Å²) in [7, 11) is -4.28. The van der Waals surface area contributed by atoms with Gasteiger partial charge in [-0.2, -0.15) is 0 Å². The second-order valence-electron chi connectivity index (χ2n) is 3.47. The van der Waals surface area contributed by atoms with Crippen molar-refractivity contribution in [1.29, 1.82) is 0 Å². The Hall–Kier alpha value is -1.16. The summed E-state index contributed by atoms with van der Waals surface area (Å²) in [5, 5.41) is 0. The van der Waals surface area contributed by atoms with Crippen molar-refractivity contribution in [2.45, 2.75) is 6.92 Å². The van der Waals surface area contributed by atoms with Crippen LogP contribution in [0.3, 0.4) is 0 Å². The molecule has 2 N–H and O–H groups in total. The maximum atomic E-state index is 11.1. The minimum Gasteiger partial charge on any atom is -0.486 e. The number of carbonyl (C=O) groups is 1. The van der Waals surface area contributed by atoms with Crippen LogP contribution in [0.25, 0.3) is 0 Å². The summed E-state index contributed by atoms with van der Waals surface area (Å²) < 4.78 is 15.6. The molecule has 1 aromatic rings. The van der Waals surface area contributed by atoms with Crippen molar-refractivity contribution in [3.63, 3.8) is 0 Å². The number of rotatable bonds is 5. The van der Waals surface area contributed by atoms with E-state index in [-0.39, 0.29) is 6.61 Å². The maximum Gasteiger partial charge on any atom is 0.333 e. The first-order chi connectivity index (χ1) is 7.37. The molecular weight excluding hydrogens is 231 g/mol. The van der Waals surface area contributed by atoms with Gasteiger partial charge in [0.2, 0.25) is 0 Å². The summed E-state index contributed by atoms with van der Waals surface area (Å²) in [6.07, 6.45) is -0.779. The molecule has 0 fully saturated rings. The van der Waals surface area contributed by atoms with Crippen LogP contribution >= 0.6 is 7.60 Å². The van der Waals surface area contributed by atoms with Crippen LogP contribution in [0.15, 0.2) is 24.3 Å². The minimum absolute atomic E-state index is 0.325. The van der Waals surface area contributed by atoms with Crippen LogP contribution < -0.4 is 4.74 Å². The molecule has 0 heterocycles. The molecule has 0 atom stereocenters. The number of aryl methyl sites for hydroxylation is 1. The first-order valence-electron chi connectivity index (χ1n) is 4.62. The summed E-state index contributed by atoms with van der Waals surface area (Å²) in [6.45, 7) is 1.55. The van der Waals surface area contributed by atoms with Crippen molar-refractivity contribution in [3.05, 3.63) is 29.8 Å². The van der Waals surface area contributed by atoms with Gasteiger partial charge in [-0.05, 0) is 24.6 Å². The molecule has 0 saturated heterocycles.